The molecule has 1 aliphatic carbocycles. The van der Waals surface area contributed by atoms with Gasteiger partial charge in [-0.2, -0.15) is 0 Å². The molecule has 0 saturated carbocycles. The van der Waals surface area contributed by atoms with Crippen molar-refractivity contribution in [2.45, 2.75) is 5.41 Å². The molecule has 3 heteroatoms. The molecule has 0 atom stereocenters. The molecule has 0 N–H and O–H groups in total. The highest BCUT2D eigenvalue weighted by atomic mass is 32.1. The van der Waals surface area contributed by atoms with E-state index >= 15 is 0 Å². The van der Waals surface area contributed by atoms with Gasteiger partial charge in [-0.1, -0.05) is 200 Å². The molecule has 0 amide bonds. The molecular formula is C59H38N2S. The third kappa shape index (κ3) is 5.85. The smallest absolute Gasteiger partial charge is 0.160 e. The molecule has 2 aromatic heterocycles. The fourth-order valence-corrected chi connectivity index (χ4v) is 10.8. The summed E-state index contributed by atoms with van der Waals surface area (Å²) in [5.41, 5.74) is 16.5. The minimum atomic E-state index is -0.509. The fraction of sp³-hybridized carbons (Fsp3) is 0.0169. The highest BCUT2D eigenvalue weighted by molar-refractivity contribution is 7.25. The van der Waals surface area contributed by atoms with Gasteiger partial charge < -0.3 is 0 Å². The monoisotopic (exact) mass is 806 g/mol. The summed E-state index contributed by atoms with van der Waals surface area (Å²) in [5.74, 6) is 0.695. The largest absolute Gasteiger partial charge is 0.228 e. The standard InChI is InChI=1S/C59H38N2S/c1-4-16-41(17-5-1)58-60-54(43-32-34-48-47-23-12-14-26-52(47)59(53(48)37-43,44-18-6-2-7-19-44)45-20-8-3-9-21-45)38-55(61-58)49-24-11-10-22-46(49)40-30-28-39(29-31-40)42-33-35-57-51(36-42)50-25-13-15-27-56(50)62-57/h1-38H. The second kappa shape index (κ2) is 14.8. The Balaban J connectivity index is 1.00. The van der Waals surface area contributed by atoms with Gasteiger partial charge in [0.1, 0.15) is 0 Å². The Kier molecular flexibility index (Phi) is 8.62. The molecule has 1 aliphatic rings. The lowest BCUT2D eigenvalue weighted by Crippen LogP contribution is -2.28. The van der Waals surface area contributed by atoms with Gasteiger partial charge in [-0.05, 0) is 86.0 Å². The number of rotatable bonds is 7. The normalized spacial score (nSPS) is 12.6. The zero-order valence-corrected chi connectivity index (χ0v) is 34.6. The zero-order valence-electron chi connectivity index (χ0n) is 33.7. The Hall–Kier alpha value is -7.72. The minimum Gasteiger partial charge on any atom is -0.228 e. The van der Waals surface area contributed by atoms with Crippen LogP contribution in [0.2, 0.25) is 0 Å². The predicted octanol–water partition coefficient (Wildman–Crippen LogP) is 15.5. The number of thiophene rings is 1. The molecule has 0 aliphatic heterocycles. The molecule has 2 nitrogen and oxygen atoms in total. The van der Waals surface area contributed by atoms with Crippen LogP contribution in [-0.2, 0) is 5.41 Å². The first-order valence-electron chi connectivity index (χ1n) is 21.1. The maximum Gasteiger partial charge on any atom is 0.160 e. The van der Waals surface area contributed by atoms with Crippen LogP contribution in [0.3, 0.4) is 0 Å². The number of nitrogens with zero attached hydrogens (tertiary/aromatic N) is 2. The Bertz CT molecular complexity index is 3400. The van der Waals surface area contributed by atoms with Crippen LogP contribution < -0.4 is 0 Å². The second-order valence-electron chi connectivity index (χ2n) is 16.0. The van der Waals surface area contributed by atoms with Crippen molar-refractivity contribution in [3.63, 3.8) is 0 Å². The minimum absolute atomic E-state index is 0.509. The lowest BCUT2D eigenvalue weighted by atomic mass is 9.67. The molecule has 11 aromatic rings. The van der Waals surface area contributed by atoms with E-state index in [1.807, 2.05) is 17.4 Å². The van der Waals surface area contributed by atoms with Crippen molar-refractivity contribution in [1.82, 2.24) is 9.97 Å². The molecule has 0 saturated heterocycles. The Morgan fingerprint density at radius 1 is 0.306 bits per heavy atom. The maximum atomic E-state index is 5.34. The van der Waals surface area contributed by atoms with Crippen molar-refractivity contribution in [2.75, 3.05) is 0 Å². The van der Waals surface area contributed by atoms with E-state index in [0.29, 0.717) is 5.82 Å². The van der Waals surface area contributed by atoms with Gasteiger partial charge in [-0.15, -0.1) is 11.3 Å². The number of hydrogen-bond donors (Lipinski definition) is 0. The van der Waals surface area contributed by atoms with Gasteiger partial charge in [0.25, 0.3) is 0 Å². The van der Waals surface area contributed by atoms with Crippen LogP contribution in [0.15, 0.2) is 231 Å². The highest BCUT2D eigenvalue weighted by Crippen LogP contribution is 2.56. The quantitative estimate of drug-likeness (QED) is 0.160. The first kappa shape index (κ1) is 36.2. The lowest BCUT2D eigenvalue weighted by Gasteiger charge is -2.34. The van der Waals surface area contributed by atoms with Crippen molar-refractivity contribution >= 4 is 31.5 Å². The van der Waals surface area contributed by atoms with Gasteiger partial charge in [0.15, 0.2) is 5.82 Å². The first-order chi connectivity index (χ1) is 30.7. The van der Waals surface area contributed by atoms with Crippen molar-refractivity contribution in [3.8, 4) is 67.3 Å². The van der Waals surface area contributed by atoms with Crippen molar-refractivity contribution < 1.29 is 0 Å². The second-order valence-corrected chi connectivity index (χ2v) is 17.1. The van der Waals surface area contributed by atoms with Gasteiger partial charge in [0, 0.05) is 36.9 Å². The number of hydrogen-bond acceptors (Lipinski definition) is 3. The summed E-state index contributed by atoms with van der Waals surface area (Å²) in [7, 11) is 0. The summed E-state index contributed by atoms with van der Waals surface area (Å²) < 4.78 is 2.64. The third-order valence-corrected chi connectivity index (χ3v) is 13.8. The van der Waals surface area contributed by atoms with E-state index in [-0.39, 0.29) is 0 Å². The van der Waals surface area contributed by atoms with Crippen LogP contribution in [-0.4, -0.2) is 9.97 Å². The molecule has 0 unspecified atom stereocenters. The first-order valence-corrected chi connectivity index (χ1v) is 22.0. The SMILES string of the molecule is c1ccc(-c2nc(-c3ccc4c(c3)C(c3ccccc3)(c3ccccc3)c3ccccc3-4)cc(-c3ccccc3-c3ccc(-c4ccc5sc6ccccc6c5c4)cc3)n2)cc1. The summed E-state index contributed by atoms with van der Waals surface area (Å²) in [6, 6.07) is 83.4. The Labute approximate surface area is 365 Å². The third-order valence-electron chi connectivity index (χ3n) is 12.6. The molecule has 0 bridgehead atoms. The lowest BCUT2D eigenvalue weighted by molar-refractivity contribution is 0.768. The van der Waals surface area contributed by atoms with Crippen LogP contribution in [0, 0.1) is 0 Å². The molecule has 12 rings (SSSR count). The molecule has 0 fully saturated rings. The summed E-state index contributed by atoms with van der Waals surface area (Å²) in [6.45, 7) is 0. The van der Waals surface area contributed by atoms with Gasteiger partial charge in [0.2, 0.25) is 0 Å². The average Bonchev–Trinajstić information content (AvgIpc) is 3.88. The Morgan fingerprint density at radius 2 is 0.855 bits per heavy atom. The van der Waals surface area contributed by atoms with Gasteiger partial charge in [0.05, 0.1) is 16.8 Å². The number of fused-ring (bicyclic) bond motifs is 6. The number of benzene rings is 9. The van der Waals surface area contributed by atoms with Crippen LogP contribution >= 0.6 is 11.3 Å². The number of aromatic nitrogens is 2. The zero-order chi connectivity index (χ0) is 41.0. The molecular weight excluding hydrogens is 769 g/mol. The van der Waals surface area contributed by atoms with Crippen LogP contribution in [0.5, 0.6) is 0 Å². The fourth-order valence-electron chi connectivity index (χ4n) is 9.76. The molecule has 0 radical (unpaired) electrons. The summed E-state index contributed by atoms with van der Waals surface area (Å²) in [4.78, 5) is 10.7. The average molecular weight is 807 g/mol. The van der Waals surface area contributed by atoms with E-state index in [9.17, 15) is 0 Å². The van der Waals surface area contributed by atoms with Gasteiger partial charge in [-0.3, -0.25) is 0 Å². The van der Waals surface area contributed by atoms with Crippen LogP contribution in [0.25, 0.3) is 87.5 Å². The summed E-state index contributed by atoms with van der Waals surface area (Å²) in [6.07, 6.45) is 0. The van der Waals surface area contributed by atoms with Crippen molar-refractivity contribution in [1.29, 1.82) is 0 Å². The summed E-state index contributed by atoms with van der Waals surface area (Å²) >= 11 is 1.85. The summed E-state index contributed by atoms with van der Waals surface area (Å²) in [5, 5.41) is 2.63. The molecule has 0 spiro atoms. The van der Waals surface area contributed by atoms with Crippen molar-refractivity contribution in [3.05, 3.63) is 253 Å². The van der Waals surface area contributed by atoms with Crippen molar-refractivity contribution in [2.24, 2.45) is 0 Å². The van der Waals surface area contributed by atoms with Gasteiger partial charge in [-0.25, -0.2) is 9.97 Å². The molecule has 62 heavy (non-hydrogen) atoms. The molecule has 290 valence electrons. The van der Waals surface area contributed by atoms with Crippen LogP contribution in [0.1, 0.15) is 22.3 Å². The molecule has 9 aromatic carbocycles. The van der Waals surface area contributed by atoms with E-state index in [2.05, 4.69) is 224 Å². The highest BCUT2D eigenvalue weighted by Gasteiger charge is 2.46. The van der Waals surface area contributed by atoms with E-state index in [1.54, 1.807) is 0 Å². The maximum absolute atomic E-state index is 5.34. The topological polar surface area (TPSA) is 25.8 Å². The van der Waals surface area contributed by atoms with Gasteiger partial charge >= 0.3 is 0 Å². The Morgan fingerprint density at radius 3 is 1.61 bits per heavy atom. The van der Waals surface area contributed by atoms with E-state index in [0.717, 1.165) is 39.2 Å². The predicted molar refractivity (Wildman–Crippen MR) is 259 cm³/mol. The van der Waals surface area contributed by atoms with E-state index in [4.69, 9.17) is 9.97 Å². The molecule has 2 heterocycles. The van der Waals surface area contributed by atoms with E-state index < -0.39 is 5.41 Å². The van der Waals surface area contributed by atoms with Crippen LogP contribution in [0.4, 0.5) is 0 Å². The van der Waals surface area contributed by atoms with E-state index in [1.165, 1.54) is 64.7 Å².